The van der Waals surface area contributed by atoms with Gasteiger partial charge < -0.3 is 21.6 Å². The first-order valence-electron chi connectivity index (χ1n) is 7.09. The fourth-order valence-electron chi connectivity index (χ4n) is 2.64. The molecule has 0 saturated carbocycles. The van der Waals surface area contributed by atoms with Gasteiger partial charge in [0, 0.05) is 5.75 Å². The molecule has 6 N–H and O–H groups in total. The first-order chi connectivity index (χ1) is 11.4. The number of amides is 2. The second-order valence-electron chi connectivity index (χ2n) is 5.34. The van der Waals surface area contributed by atoms with Gasteiger partial charge in [-0.05, 0) is 5.56 Å². The van der Waals surface area contributed by atoms with Gasteiger partial charge in [0.15, 0.2) is 0 Å². The minimum Gasteiger partial charge on any atom is -0.477 e. The fraction of sp³-hybridized carbons (Fsp3) is 0.267. The molecule has 2 aliphatic rings. The Balaban J connectivity index is 0.00000225. The highest BCUT2D eigenvalue weighted by Crippen LogP contribution is 2.41. The molecular weight excluding hydrogens is 370 g/mol. The van der Waals surface area contributed by atoms with Crippen molar-refractivity contribution in [3.63, 3.8) is 0 Å². The van der Waals surface area contributed by atoms with E-state index in [0.29, 0.717) is 5.56 Å². The summed E-state index contributed by atoms with van der Waals surface area (Å²) in [6.07, 6.45) is 0. The van der Waals surface area contributed by atoms with Crippen LogP contribution >= 0.6 is 23.4 Å². The Kier molecular flexibility index (Phi) is 5.73. The predicted octanol–water partition coefficient (Wildman–Crippen LogP) is -0.203. The van der Waals surface area contributed by atoms with Crippen molar-refractivity contribution < 1.29 is 25.0 Å². The average Bonchev–Trinajstić information content (AvgIpc) is 2.59. The lowest BCUT2D eigenvalue weighted by Gasteiger charge is -2.48. The SMILES string of the molecule is N[C@@H](C(=O)N[C@H]1C(=O)N2C(C(=O)O)=C(Cl)CS[C@H]12)c1ccccc1.O. The van der Waals surface area contributed by atoms with Crippen LogP contribution in [0.5, 0.6) is 0 Å². The van der Waals surface area contributed by atoms with Crippen LogP contribution in [0.1, 0.15) is 11.6 Å². The zero-order chi connectivity index (χ0) is 17.4. The number of carbonyl (C=O) groups is 3. The van der Waals surface area contributed by atoms with Crippen LogP contribution in [0.25, 0.3) is 0 Å². The monoisotopic (exact) mass is 385 g/mol. The molecular formula is C15H16ClN3O5S. The Labute approximate surface area is 152 Å². The third kappa shape index (κ3) is 3.36. The molecule has 10 heteroatoms. The zero-order valence-corrected chi connectivity index (χ0v) is 14.4. The van der Waals surface area contributed by atoms with Crippen LogP contribution in [0.4, 0.5) is 0 Å². The average molecular weight is 386 g/mol. The summed E-state index contributed by atoms with van der Waals surface area (Å²) in [6.45, 7) is 0. The second kappa shape index (κ2) is 7.44. The van der Waals surface area contributed by atoms with Gasteiger partial charge in [-0.15, -0.1) is 11.8 Å². The number of carbonyl (C=O) groups excluding carboxylic acids is 2. The van der Waals surface area contributed by atoms with Crippen LogP contribution in [0.3, 0.4) is 0 Å². The van der Waals surface area contributed by atoms with Crippen molar-refractivity contribution in [2.45, 2.75) is 17.5 Å². The summed E-state index contributed by atoms with van der Waals surface area (Å²) < 4.78 is 0. The summed E-state index contributed by atoms with van der Waals surface area (Å²) in [5, 5.41) is 11.4. The number of thioether (sulfide) groups is 1. The molecule has 2 heterocycles. The van der Waals surface area contributed by atoms with Crippen molar-refractivity contribution in [1.29, 1.82) is 0 Å². The van der Waals surface area contributed by atoms with E-state index >= 15 is 0 Å². The van der Waals surface area contributed by atoms with Crippen molar-refractivity contribution in [1.82, 2.24) is 10.2 Å². The Hall–Kier alpha value is -2.07. The molecule has 2 aliphatic heterocycles. The number of β-lactam (4-membered cyclic amide) rings is 1. The smallest absolute Gasteiger partial charge is 0.353 e. The standard InChI is InChI=1S/C15H14ClN3O4S.H2O/c16-8-6-24-14-10(13(21)19(14)11(8)15(22)23)18-12(20)9(17)7-4-2-1-3-5-7;/h1-5,9-10,14H,6,17H2,(H,18,20)(H,22,23);1H2/t9-,10+,14-;/m1./s1. The maximum Gasteiger partial charge on any atom is 0.353 e. The molecule has 0 bridgehead atoms. The number of fused-ring (bicyclic) bond motifs is 1. The van der Waals surface area contributed by atoms with Gasteiger partial charge in [-0.2, -0.15) is 0 Å². The van der Waals surface area contributed by atoms with Crippen molar-refractivity contribution >= 4 is 41.1 Å². The molecule has 0 radical (unpaired) electrons. The minimum atomic E-state index is -1.26. The Morgan fingerprint density at radius 2 is 2.00 bits per heavy atom. The van der Waals surface area contributed by atoms with E-state index < -0.39 is 35.2 Å². The number of nitrogens with zero attached hydrogens (tertiary/aromatic N) is 1. The van der Waals surface area contributed by atoms with Gasteiger partial charge in [-0.1, -0.05) is 41.9 Å². The molecule has 1 fully saturated rings. The van der Waals surface area contributed by atoms with E-state index in [9.17, 15) is 19.5 Å². The van der Waals surface area contributed by atoms with Crippen molar-refractivity contribution in [3.8, 4) is 0 Å². The minimum absolute atomic E-state index is 0. The molecule has 8 nitrogen and oxygen atoms in total. The third-order valence-electron chi connectivity index (χ3n) is 3.86. The first kappa shape index (κ1) is 19.3. The van der Waals surface area contributed by atoms with Gasteiger partial charge >= 0.3 is 5.97 Å². The summed E-state index contributed by atoms with van der Waals surface area (Å²) in [5.41, 5.74) is 6.32. The zero-order valence-electron chi connectivity index (χ0n) is 12.8. The molecule has 3 rings (SSSR count). The van der Waals surface area contributed by atoms with Crippen molar-refractivity contribution in [2.24, 2.45) is 5.73 Å². The summed E-state index contributed by atoms with van der Waals surface area (Å²) in [4.78, 5) is 36.9. The highest BCUT2D eigenvalue weighted by Gasteiger charge is 2.54. The maximum atomic E-state index is 12.3. The van der Waals surface area contributed by atoms with Crippen LogP contribution in [-0.2, 0) is 14.4 Å². The number of benzene rings is 1. The number of aliphatic carboxylic acids is 1. The van der Waals surface area contributed by atoms with E-state index in [2.05, 4.69) is 5.32 Å². The number of carboxylic acids is 1. The number of rotatable bonds is 4. The third-order valence-corrected chi connectivity index (χ3v) is 5.61. The van der Waals surface area contributed by atoms with Crippen molar-refractivity contribution in [2.75, 3.05) is 5.75 Å². The van der Waals surface area contributed by atoms with E-state index in [0.717, 1.165) is 4.90 Å². The number of hydrogen-bond donors (Lipinski definition) is 3. The summed E-state index contributed by atoms with van der Waals surface area (Å²) in [5.74, 6) is -1.98. The molecule has 0 aromatic heterocycles. The van der Waals surface area contributed by atoms with E-state index in [-0.39, 0.29) is 22.0 Å². The quantitative estimate of drug-likeness (QED) is 0.612. The molecule has 25 heavy (non-hydrogen) atoms. The normalized spacial score (nSPS) is 23.1. The van der Waals surface area contributed by atoms with Crippen LogP contribution in [-0.4, -0.2) is 50.4 Å². The van der Waals surface area contributed by atoms with E-state index in [1.54, 1.807) is 24.3 Å². The number of halogens is 1. The van der Waals surface area contributed by atoms with E-state index in [1.165, 1.54) is 11.8 Å². The summed E-state index contributed by atoms with van der Waals surface area (Å²) in [6, 6.07) is 7.07. The van der Waals surface area contributed by atoms with Gasteiger partial charge in [0.05, 0.1) is 5.03 Å². The number of carboxylic acid groups (broad SMARTS) is 1. The number of hydrogen-bond acceptors (Lipinski definition) is 5. The predicted molar refractivity (Wildman–Crippen MR) is 92.5 cm³/mol. The number of nitrogens with two attached hydrogens (primary N) is 1. The molecule has 1 aromatic carbocycles. The lowest BCUT2D eigenvalue weighted by atomic mass is 10.0. The Bertz CT molecular complexity index is 742. The van der Waals surface area contributed by atoms with Crippen LogP contribution < -0.4 is 11.1 Å². The fourth-order valence-corrected chi connectivity index (χ4v) is 4.19. The highest BCUT2D eigenvalue weighted by atomic mass is 35.5. The lowest BCUT2D eigenvalue weighted by molar-refractivity contribution is -0.150. The van der Waals surface area contributed by atoms with Gasteiger partial charge in [0.1, 0.15) is 23.2 Å². The first-order valence-corrected chi connectivity index (χ1v) is 8.52. The molecule has 3 atom stereocenters. The Morgan fingerprint density at radius 3 is 2.60 bits per heavy atom. The highest BCUT2D eigenvalue weighted by molar-refractivity contribution is 8.00. The number of nitrogens with one attached hydrogen (secondary N) is 1. The van der Waals surface area contributed by atoms with E-state index in [1.807, 2.05) is 6.07 Å². The van der Waals surface area contributed by atoms with Gasteiger partial charge in [-0.3, -0.25) is 14.5 Å². The van der Waals surface area contributed by atoms with Crippen LogP contribution in [0.15, 0.2) is 41.1 Å². The van der Waals surface area contributed by atoms with E-state index in [4.69, 9.17) is 17.3 Å². The van der Waals surface area contributed by atoms with Crippen molar-refractivity contribution in [3.05, 3.63) is 46.6 Å². The van der Waals surface area contributed by atoms with Crippen LogP contribution in [0, 0.1) is 0 Å². The topological polar surface area (TPSA) is 144 Å². The second-order valence-corrected chi connectivity index (χ2v) is 6.90. The molecule has 0 aliphatic carbocycles. The summed E-state index contributed by atoms with van der Waals surface area (Å²) in [7, 11) is 0. The Morgan fingerprint density at radius 1 is 1.36 bits per heavy atom. The van der Waals surface area contributed by atoms with Gasteiger partial charge in [0.2, 0.25) is 5.91 Å². The van der Waals surface area contributed by atoms with Gasteiger partial charge in [0.25, 0.3) is 5.91 Å². The molecule has 1 aromatic rings. The molecule has 0 unspecified atom stereocenters. The molecule has 134 valence electrons. The lowest BCUT2D eigenvalue weighted by Crippen LogP contribution is -2.70. The molecule has 1 saturated heterocycles. The molecule has 2 amide bonds. The largest absolute Gasteiger partial charge is 0.477 e. The maximum absolute atomic E-state index is 12.3. The summed E-state index contributed by atoms with van der Waals surface area (Å²) >= 11 is 7.20. The van der Waals surface area contributed by atoms with Crippen LogP contribution in [0.2, 0.25) is 0 Å². The molecule has 0 spiro atoms. The van der Waals surface area contributed by atoms with Gasteiger partial charge in [-0.25, -0.2) is 4.79 Å².